The molecule has 13 nitrogen and oxygen atoms in total. The van der Waals surface area contributed by atoms with E-state index in [-0.39, 0.29) is 41.0 Å². The van der Waals surface area contributed by atoms with Crippen molar-refractivity contribution in [2.75, 3.05) is 19.6 Å². The molecule has 1 aromatic heterocycles. The average molecular weight is 574 g/mol. The number of benzene rings is 1. The van der Waals surface area contributed by atoms with Crippen LogP contribution < -0.4 is 15.8 Å². The van der Waals surface area contributed by atoms with Crippen molar-refractivity contribution in [3.63, 3.8) is 0 Å². The monoisotopic (exact) mass is 573 g/mol. The van der Waals surface area contributed by atoms with Crippen molar-refractivity contribution < 1.29 is 27.9 Å². The molecule has 0 unspecified atom stereocenters. The standard InChI is InChI=1S/C26H35N7O6S/c1-16-12-18-5-2-6-20(23(18)30-13-16)40(38,39)31-24(25(36)37)33(19-7-8-19)22(35)10-9-21(34)29-14-17-4-3-11-32(15-17)26(27)28/h2,5-6,12-13,17,19,24,31H,3-4,7-11,14-15H2,1H3,(H3,27,28)(H,29,34)(H,36,37)/t17-,24+/m0/s1. The molecule has 6 N–H and O–H groups in total. The maximum atomic E-state index is 13.3. The minimum atomic E-state index is -4.39. The van der Waals surface area contributed by atoms with Crippen LogP contribution in [0.5, 0.6) is 0 Å². The minimum absolute atomic E-state index is 0.00258. The number of amides is 2. The molecule has 1 saturated heterocycles. The van der Waals surface area contributed by atoms with Crippen molar-refractivity contribution in [3.8, 4) is 0 Å². The fourth-order valence-electron chi connectivity index (χ4n) is 4.95. The molecule has 2 heterocycles. The third kappa shape index (κ3) is 7.04. The van der Waals surface area contributed by atoms with Crippen molar-refractivity contribution in [1.82, 2.24) is 24.8 Å². The van der Waals surface area contributed by atoms with Gasteiger partial charge in [-0.15, -0.1) is 0 Å². The summed E-state index contributed by atoms with van der Waals surface area (Å²) in [4.78, 5) is 44.7. The number of sulfonamides is 1. The number of nitrogens with zero attached hydrogens (tertiary/aromatic N) is 3. The molecule has 0 bridgehead atoms. The summed E-state index contributed by atoms with van der Waals surface area (Å²) in [7, 11) is -4.39. The lowest BCUT2D eigenvalue weighted by molar-refractivity contribution is -0.151. The van der Waals surface area contributed by atoms with Crippen molar-refractivity contribution in [3.05, 3.63) is 36.0 Å². The van der Waals surface area contributed by atoms with Crippen molar-refractivity contribution in [1.29, 1.82) is 5.41 Å². The van der Waals surface area contributed by atoms with E-state index in [1.807, 2.05) is 6.92 Å². The van der Waals surface area contributed by atoms with Gasteiger partial charge in [0, 0.05) is 50.1 Å². The van der Waals surface area contributed by atoms with E-state index < -0.39 is 34.1 Å². The summed E-state index contributed by atoms with van der Waals surface area (Å²) in [6.45, 7) is 3.47. The first-order valence-electron chi connectivity index (χ1n) is 13.2. The van der Waals surface area contributed by atoms with E-state index in [2.05, 4.69) is 15.0 Å². The molecule has 0 spiro atoms. The topological polar surface area (TPSA) is 199 Å². The Labute approximate surface area is 232 Å². The second-order valence-corrected chi connectivity index (χ2v) is 12.1. The van der Waals surface area contributed by atoms with Gasteiger partial charge in [0.1, 0.15) is 4.90 Å². The number of hydrogen-bond acceptors (Lipinski definition) is 7. The number of aromatic nitrogens is 1. The van der Waals surface area contributed by atoms with Gasteiger partial charge in [-0.05, 0) is 56.2 Å². The number of aliphatic carboxylic acids is 1. The second kappa shape index (κ2) is 12.2. The number of guanidine groups is 1. The first-order chi connectivity index (χ1) is 19.0. The first kappa shape index (κ1) is 29.2. The van der Waals surface area contributed by atoms with Crippen LogP contribution in [0, 0.1) is 18.3 Å². The number of para-hydroxylation sites is 1. The summed E-state index contributed by atoms with van der Waals surface area (Å²) in [5.74, 6) is -2.39. The van der Waals surface area contributed by atoms with Crippen LogP contribution in [0.25, 0.3) is 10.9 Å². The van der Waals surface area contributed by atoms with Crippen molar-refractivity contribution >= 4 is 44.7 Å². The Morgan fingerprint density at radius 1 is 1.25 bits per heavy atom. The normalized spacial score (nSPS) is 18.2. The highest BCUT2D eigenvalue weighted by Gasteiger charge is 2.42. The zero-order valence-electron chi connectivity index (χ0n) is 22.3. The number of pyridine rings is 1. The third-order valence-electron chi connectivity index (χ3n) is 7.12. The lowest BCUT2D eigenvalue weighted by Crippen LogP contribution is -2.56. The lowest BCUT2D eigenvalue weighted by atomic mass is 9.98. The van der Waals surface area contributed by atoms with Crippen LogP contribution in [-0.2, 0) is 24.4 Å². The summed E-state index contributed by atoms with van der Waals surface area (Å²) in [5, 5.41) is 20.9. The Hall–Kier alpha value is -3.78. The van der Waals surface area contributed by atoms with Gasteiger partial charge >= 0.3 is 5.97 Å². The number of nitrogens with one attached hydrogen (secondary N) is 3. The minimum Gasteiger partial charge on any atom is -0.479 e. The predicted molar refractivity (Wildman–Crippen MR) is 147 cm³/mol. The van der Waals surface area contributed by atoms with Gasteiger partial charge in [0.25, 0.3) is 0 Å². The van der Waals surface area contributed by atoms with Crippen LogP contribution in [0.3, 0.4) is 0 Å². The zero-order chi connectivity index (χ0) is 29.0. The Morgan fingerprint density at radius 3 is 2.67 bits per heavy atom. The number of fused-ring (bicyclic) bond motifs is 1. The number of aryl methyl sites for hydroxylation is 1. The van der Waals surface area contributed by atoms with Crippen LogP contribution in [0.1, 0.15) is 44.1 Å². The van der Waals surface area contributed by atoms with Gasteiger partial charge in [-0.2, -0.15) is 4.72 Å². The zero-order valence-corrected chi connectivity index (χ0v) is 23.1. The number of carbonyl (C=O) groups is 3. The SMILES string of the molecule is Cc1cnc2c(S(=O)(=O)N[C@@H](C(=O)O)N(C(=O)CCC(=O)NC[C@@H]3CCCN(C(=N)N)C3)C3CC3)cccc2c1. The molecule has 1 aromatic carbocycles. The average Bonchev–Trinajstić information content (AvgIpc) is 3.75. The van der Waals surface area contributed by atoms with E-state index in [0.717, 1.165) is 23.3 Å². The van der Waals surface area contributed by atoms with E-state index in [1.165, 1.54) is 12.3 Å². The number of likely N-dealkylation sites (tertiary alicyclic amines) is 1. The van der Waals surface area contributed by atoms with E-state index in [4.69, 9.17) is 11.1 Å². The van der Waals surface area contributed by atoms with Gasteiger partial charge in [0.05, 0.1) is 5.52 Å². The summed E-state index contributed by atoms with van der Waals surface area (Å²) in [6, 6.07) is 5.92. The number of nitrogens with two attached hydrogens (primary N) is 1. The van der Waals surface area contributed by atoms with E-state index >= 15 is 0 Å². The van der Waals surface area contributed by atoms with Gasteiger partial charge in [-0.3, -0.25) is 20.0 Å². The quantitative estimate of drug-likeness (QED) is 0.146. The Kier molecular flexibility index (Phi) is 8.88. The van der Waals surface area contributed by atoms with Gasteiger partial charge in [-0.25, -0.2) is 13.2 Å². The molecule has 2 aliphatic rings. The number of piperidine rings is 1. The van der Waals surface area contributed by atoms with Crippen LogP contribution in [-0.4, -0.2) is 83.9 Å². The van der Waals surface area contributed by atoms with Crippen LogP contribution in [0.2, 0.25) is 0 Å². The van der Waals surface area contributed by atoms with Gasteiger partial charge in [0.2, 0.25) is 21.8 Å². The Balaban J connectivity index is 1.41. The van der Waals surface area contributed by atoms with E-state index in [0.29, 0.717) is 37.9 Å². The second-order valence-electron chi connectivity index (χ2n) is 10.4. The van der Waals surface area contributed by atoms with E-state index in [9.17, 15) is 27.9 Å². The van der Waals surface area contributed by atoms with Gasteiger partial charge in [-0.1, -0.05) is 12.1 Å². The number of carboxylic acids is 1. The molecule has 1 aliphatic carbocycles. The molecule has 14 heteroatoms. The van der Waals surface area contributed by atoms with E-state index in [1.54, 1.807) is 23.1 Å². The highest BCUT2D eigenvalue weighted by molar-refractivity contribution is 7.89. The van der Waals surface area contributed by atoms with Crippen LogP contribution >= 0.6 is 0 Å². The largest absolute Gasteiger partial charge is 0.479 e. The first-order valence-corrected chi connectivity index (χ1v) is 14.7. The molecule has 2 atom stereocenters. The van der Waals surface area contributed by atoms with Crippen LogP contribution in [0.4, 0.5) is 0 Å². The molecule has 40 heavy (non-hydrogen) atoms. The molecule has 2 fully saturated rings. The maximum Gasteiger partial charge on any atom is 0.342 e. The fraction of sp³-hybridized carbons (Fsp3) is 0.500. The molecule has 1 saturated carbocycles. The van der Waals surface area contributed by atoms with Crippen LogP contribution in [0.15, 0.2) is 35.4 Å². The van der Waals surface area contributed by atoms with Crippen molar-refractivity contribution in [2.45, 2.75) is 62.6 Å². The molecule has 216 valence electrons. The predicted octanol–water partition coefficient (Wildman–Crippen LogP) is 0.725. The summed E-state index contributed by atoms with van der Waals surface area (Å²) >= 11 is 0. The van der Waals surface area contributed by atoms with Crippen molar-refractivity contribution in [2.24, 2.45) is 11.7 Å². The summed E-state index contributed by atoms with van der Waals surface area (Å²) < 4.78 is 28.9. The molecule has 1 aliphatic heterocycles. The third-order valence-corrected chi connectivity index (χ3v) is 8.56. The molecule has 2 amide bonds. The summed E-state index contributed by atoms with van der Waals surface area (Å²) in [6.07, 6.45) is 2.05. The molecular weight excluding hydrogens is 538 g/mol. The molecule has 0 radical (unpaired) electrons. The number of carboxylic acid groups (broad SMARTS) is 1. The highest BCUT2D eigenvalue weighted by atomic mass is 32.2. The highest BCUT2D eigenvalue weighted by Crippen LogP contribution is 2.30. The maximum absolute atomic E-state index is 13.3. The van der Waals surface area contributed by atoms with Gasteiger partial charge < -0.3 is 26.0 Å². The molecule has 2 aromatic rings. The number of carbonyl (C=O) groups excluding carboxylic acids is 2. The fourth-order valence-corrected chi connectivity index (χ4v) is 6.27. The molecule has 4 rings (SSSR count). The Bertz CT molecular complexity index is 1410. The lowest BCUT2D eigenvalue weighted by Gasteiger charge is -2.33. The molecular formula is C26H35N7O6S. The Morgan fingerprint density at radius 2 is 2.00 bits per heavy atom. The number of rotatable bonds is 11. The summed E-state index contributed by atoms with van der Waals surface area (Å²) in [5.41, 5.74) is 6.59. The van der Waals surface area contributed by atoms with Gasteiger partial charge in [0.15, 0.2) is 12.1 Å². The number of hydrogen-bond donors (Lipinski definition) is 5. The smallest absolute Gasteiger partial charge is 0.342 e.